The summed E-state index contributed by atoms with van der Waals surface area (Å²) in [5.74, 6) is 0.290. The standard InChI is InChI=1S/C13H18BrF2NO2/c1-8(2)5-13(3,18)7-19-10-6-17-11(14)4-9(10)12(15)16/h4,6,8,12,18H,5,7H2,1-3H3/t13-/m0/s1. The number of pyridine rings is 1. The topological polar surface area (TPSA) is 42.4 Å². The predicted molar refractivity (Wildman–Crippen MR) is 72.5 cm³/mol. The molecule has 0 saturated heterocycles. The van der Waals surface area contributed by atoms with Gasteiger partial charge in [0.1, 0.15) is 17.0 Å². The number of halogens is 3. The third-order valence-corrected chi connectivity index (χ3v) is 2.92. The second-order valence-corrected chi connectivity index (χ2v) is 6.04. The Bertz CT molecular complexity index is 425. The van der Waals surface area contributed by atoms with Crippen LogP contribution in [0.15, 0.2) is 16.9 Å². The molecule has 0 aromatic carbocycles. The van der Waals surface area contributed by atoms with Gasteiger partial charge in [-0.15, -0.1) is 0 Å². The number of aromatic nitrogens is 1. The van der Waals surface area contributed by atoms with Crippen LogP contribution < -0.4 is 4.74 Å². The molecule has 0 bridgehead atoms. The van der Waals surface area contributed by atoms with Gasteiger partial charge in [-0.25, -0.2) is 13.8 Å². The van der Waals surface area contributed by atoms with Crippen molar-refractivity contribution in [3.63, 3.8) is 0 Å². The first-order chi connectivity index (χ1) is 8.71. The minimum atomic E-state index is -2.65. The third-order valence-electron chi connectivity index (χ3n) is 2.49. The molecule has 1 rings (SSSR count). The minimum Gasteiger partial charge on any atom is -0.488 e. The first kappa shape index (κ1) is 16.3. The molecule has 19 heavy (non-hydrogen) atoms. The van der Waals surface area contributed by atoms with Gasteiger partial charge in [-0.2, -0.15) is 0 Å². The van der Waals surface area contributed by atoms with Crippen molar-refractivity contribution < 1.29 is 18.6 Å². The van der Waals surface area contributed by atoms with Crippen LogP contribution in [-0.4, -0.2) is 22.3 Å². The molecule has 1 atom stereocenters. The van der Waals surface area contributed by atoms with Crippen molar-refractivity contribution >= 4 is 15.9 Å². The number of aliphatic hydroxyl groups is 1. The van der Waals surface area contributed by atoms with Gasteiger partial charge in [0, 0.05) is 0 Å². The summed E-state index contributed by atoms with van der Waals surface area (Å²) in [7, 11) is 0. The molecule has 0 spiro atoms. The van der Waals surface area contributed by atoms with E-state index in [1.807, 2.05) is 13.8 Å². The highest BCUT2D eigenvalue weighted by molar-refractivity contribution is 9.10. The summed E-state index contributed by atoms with van der Waals surface area (Å²) in [5.41, 5.74) is -1.29. The quantitative estimate of drug-likeness (QED) is 0.799. The van der Waals surface area contributed by atoms with E-state index in [2.05, 4.69) is 20.9 Å². The molecular formula is C13H18BrF2NO2. The normalized spacial score (nSPS) is 14.8. The lowest BCUT2D eigenvalue weighted by Gasteiger charge is -2.25. The average Bonchev–Trinajstić information content (AvgIpc) is 2.25. The van der Waals surface area contributed by atoms with Gasteiger partial charge in [-0.05, 0) is 41.3 Å². The Balaban J connectivity index is 2.77. The van der Waals surface area contributed by atoms with Crippen LogP contribution in [0.4, 0.5) is 8.78 Å². The fourth-order valence-corrected chi connectivity index (χ4v) is 2.24. The molecular weight excluding hydrogens is 320 g/mol. The monoisotopic (exact) mass is 337 g/mol. The molecule has 0 unspecified atom stereocenters. The Morgan fingerprint density at radius 3 is 2.63 bits per heavy atom. The molecule has 0 saturated carbocycles. The number of ether oxygens (including phenoxy) is 1. The van der Waals surface area contributed by atoms with E-state index in [4.69, 9.17) is 4.74 Å². The number of nitrogens with zero attached hydrogens (tertiary/aromatic N) is 1. The molecule has 3 nitrogen and oxygen atoms in total. The van der Waals surface area contributed by atoms with Crippen molar-refractivity contribution in [2.24, 2.45) is 5.92 Å². The van der Waals surface area contributed by atoms with Crippen LogP contribution in [0.1, 0.15) is 39.2 Å². The van der Waals surface area contributed by atoms with Gasteiger partial charge in [0.05, 0.1) is 17.4 Å². The van der Waals surface area contributed by atoms with Gasteiger partial charge in [-0.1, -0.05) is 13.8 Å². The van der Waals surface area contributed by atoms with E-state index in [0.717, 1.165) is 0 Å². The fraction of sp³-hybridized carbons (Fsp3) is 0.615. The Morgan fingerprint density at radius 1 is 1.47 bits per heavy atom. The Morgan fingerprint density at radius 2 is 2.11 bits per heavy atom. The van der Waals surface area contributed by atoms with E-state index in [-0.39, 0.29) is 23.8 Å². The summed E-state index contributed by atoms with van der Waals surface area (Å²) in [6.07, 6.45) is -0.887. The average molecular weight is 338 g/mol. The number of hydrogen-bond acceptors (Lipinski definition) is 3. The van der Waals surface area contributed by atoms with Crippen LogP contribution in [-0.2, 0) is 0 Å². The van der Waals surface area contributed by atoms with Crippen LogP contribution in [0, 0.1) is 5.92 Å². The van der Waals surface area contributed by atoms with Gasteiger partial charge in [0.15, 0.2) is 0 Å². The summed E-state index contributed by atoms with van der Waals surface area (Å²) in [6, 6.07) is 1.22. The second-order valence-electron chi connectivity index (χ2n) is 5.23. The zero-order valence-corrected chi connectivity index (χ0v) is 12.7. The van der Waals surface area contributed by atoms with Gasteiger partial charge in [0.2, 0.25) is 0 Å². The van der Waals surface area contributed by atoms with Crippen molar-refractivity contribution in [3.05, 3.63) is 22.4 Å². The molecule has 1 aromatic rings. The second kappa shape index (κ2) is 6.61. The zero-order chi connectivity index (χ0) is 14.6. The van der Waals surface area contributed by atoms with E-state index in [9.17, 15) is 13.9 Å². The van der Waals surface area contributed by atoms with Crippen molar-refractivity contribution in [1.29, 1.82) is 0 Å². The molecule has 108 valence electrons. The Hall–Kier alpha value is -0.750. The highest BCUT2D eigenvalue weighted by Gasteiger charge is 2.24. The fourth-order valence-electron chi connectivity index (χ4n) is 1.89. The summed E-state index contributed by atoms with van der Waals surface area (Å²) < 4.78 is 31.3. The summed E-state index contributed by atoms with van der Waals surface area (Å²) in [5, 5.41) is 10.1. The van der Waals surface area contributed by atoms with Crippen LogP contribution in [0.2, 0.25) is 0 Å². The molecule has 6 heteroatoms. The van der Waals surface area contributed by atoms with E-state index in [0.29, 0.717) is 11.0 Å². The van der Waals surface area contributed by atoms with E-state index in [1.165, 1.54) is 12.3 Å². The molecule has 0 fully saturated rings. The van der Waals surface area contributed by atoms with Gasteiger partial charge in [-0.3, -0.25) is 0 Å². The van der Waals surface area contributed by atoms with E-state index < -0.39 is 12.0 Å². The summed E-state index contributed by atoms with van der Waals surface area (Å²) >= 11 is 3.04. The zero-order valence-electron chi connectivity index (χ0n) is 11.2. The van der Waals surface area contributed by atoms with Gasteiger partial charge in [0.25, 0.3) is 6.43 Å². The lowest BCUT2D eigenvalue weighted by Crippen LogP contribution is -2.34. The van der Waals surface area contributed by atoms with Gasteiger partial charge < -0.3 is 9.84 Å². The maximum atomic E-state index is 12.8. The number of hydrogen-bond donors (Lipinski definition) is 1. The highest BCUT2D eigenvalue weighted by atomic mass is 79.9. The van der Waals surface area contributed by atoms with E-state index in [1.54, 1.807) is 6.92 Å². The van der Waals surface area contributed by atoms with Crippen molar-refractivity contribution in [3.8, 4) is 5.75 Å². The summed E-state index contributed by atoms with van der Waals surface area (Å²) in [4.78, 5) is 3.86. The van der Waals surface area contributed by atoms with Crippen LogP contribution in [0.3, 0.4) is 0 Å². The molecule has 0 aliphatic rings. The number of rotatable bonds is 6. The largest absolute Gasteiger partial charge is 0.488 e. The SMILES string of the molecule is CC(C)C[C@](C)(O)COc1cnc(Br)cc1C(F)F. The van der Waals surface area contributed by atoms with Crippen LogP contribution in [0.25, 0.3) is 0 Å². The first-order valence-electron chi connectivity index (χ1n) is 6.00. The maximum Gasteiger partial charge on any atom is 0.267 e. The maximum absolute atomic E-state index is 12.8. The van der Waals surface area contributed by atoms with Crippen molar-refractivity contribution in [1.82, 2.24) is 4.98 Å². The van der Waals surface area contributed by atoms with Gasteiger partial charge >= 0.3 is 0 Å². The summed E-state index contributed by atoms with van der Waals surface area (Å²) in [6.45, 7) is 5.52. The van der Waals surface area contributed by atoms with Crippen molar-refractivity contribution in [2.45, 2.75) is 39.2 Å². The molecule has 1 aromatic heterocycles. The Labute approximate surface area is 120 Å². The molecule has 0 radical (unpaired) electrons. The lowest BCUT2D eigenvalue weighted by atomic mass is 9.95. The number of alkyl halides is 2. The molecule has 0 amide bonds. The third kappa shape index (κ3) is 5.40. The first-order valence-corrected chi connectivity index (χ1v) is 6.79. The van der Waals surface area contributed by atoms with Crippen molar-refractivity contribution in [2.75, 3.05) is 6.61 Å². The highest BCUT2D eigenvalue weighted by Crippen LogP contribution is 2.31. The lowest BCUT2D eigenvalue weighted by molar-refractivity contribution is -0.00658. The minimum absolute atomic E-state index is 0.00207. The van der Waals surface area contributed by atoms with Crippen LogP contribution in [0.5, 0.6) is 5.75 Å². The molecule has 1 N–H and O–H groups in total. The Kier molecular flexibility index (Phi) is 5.67. The van der Waals surface area contributed by atoms with Crippen LogP contribution >= 0.6 is 15.9 Å². The predicted octanol–water partition coefficient (Wildman–Crippen LogP) is 3.96. The molecule has 0 aliphatic carbocycles. The molecule has 0 aliphatic heterocycles. The molecule has 1 heterocycles. The van der Waals surface area contributed by atoms with E-state index >= 15 is 0 Å². The smallest absolute Gasteiger partial charge is 0.267 e.